The number of furan rings is 1. The molecule has 1 aromatic carbocycles. The maximum Gasteiger partial charge on any atom is 0.319 e. The highest BCUT2D eigenvalue weighted by molar-refractivity contribution is 6.30. The number of benzene rings is 1. The molecule has 1 atom stereocenters. The smallest absolute Gasteiger partial charge is 0.319 e. The first-order chi connectivity index (χ1) is 9.65. The molecule has 6 heteroatoms. The zero-order chi connectivity index (χ0) is 14.4. The van der Waals surface area contributed by atoms with E-state index in [0.29, 0.717) is 29.4 Å². The second-order valence-corrected chi connectivity index (χ2v) is 4.65. The maximum absolute atomic E-state index is 11.6. The number of amides is 2. The quantitative estimate of drug-likeness (QED) is 0.793. The van der Waals surface area contributed by atoms with Crippen molar-refractivity contribution in [1.29, 1.82) is 0 Å². The summed E-state index contributed by atoms with van der Waals surface area (Å²) in [6, 6.07) is 9.92. The lowest BCUT2D eigenvalue weighted by molar-refractivity contribution is 0.140. The summed E-state index contributed by atoms with van der Waals surface area (Å²) in [5.74, 6) is 0.488. The molecule has 0 aliphatic rings. The molecule has 3 N–H and O–H groups in total. The molecule has 2 rings (SSSR count). The molecule has 0 saturated heterocycles. The minimum absolute atomic E-state index is 0.328. The lowest BCUT2D eigenvalue weighted by Gasteiger charge is -2.10. The third-order valence-corrected chi connectivity index (χ3v) is 2.89. The van der Waals surface area contributed by atoms with Crippen molar-refractivity contribution in [2.24, 2.45) is 0 Å². The number of urea groups is 1. The third kappa shape index (κ3) is 4.29. The van der Waals surface area contributed by atoms with Gasteiger partial charge in [0, 0.05) is 17.3 Å². The van der Waals surface area contributed by atoms with Crippen LogP contribution in [0.5, 0.6) is 0 Å². The third-order valence-electron chi connectivity index (χ3n) is 2.66. The normalized spacial score (nSPS) is 11.9. The molecule has 106 valence electrons. The highest BCUT2D eigenvalue weighted by atomic mass is 35.5. The number of hydrogen-bond acceptors (Lipinski definition) is 3. The number of carbonyl (C=O) groups excluding carboxylic acids is 1. The van der Waals surface area contributed by atoms with Crippen molar-refractivity contribution in [3.05, 3.63) is 53.4 Å². The zero-order valence-electron chi connectivity index (χ0n) is 10.7. The average Bonchev–Trinajstić information content (AvgIpc) is 2.92. The van der Waals surface area contributed by atoms with Gasteiger partial charge in [0.1, 0.15) is 11.9 Å². The predicted octanol–water partition coefficient (Wildman–Crippen LogP) is 3.18. The summed E-state index contributed by atoms with van der Waals surface area (Å²) in [5.41, 5.74) is 0.613. The van der Waals surface area contributed by atoms with E-state index in [4.69, 9.17) is 16.0 Å². The average molecular weight is 295 g/mol. The second kappa shape index (κ2) is 6.98. The Hall–Kier alpha value is -1.98. The Balaban J connectivity index is 1.73. The molecule has 20 heavy (non-hydrogen) atoms. The highest BCUT2D eigenvalue weighted by Crippen LogP contribution is 2.16. The van der Waals surface area contributed by atoms with Gasteiger partial charge in [0.2, 0.25) is 0 Å². The minimum atomic E-state index is -0.725. The van der Waals surface area contributed by atoms with Gasteiger partial charge in [0.15, 0.2) is 0 Å². The molecule has 0 spiro atoms. The van der Waals surface area contributed by atoms with E-state index in [0.717, 1.165) is 0 Å². The molecule has 0 radical (unpaired) electrons. The standard InChI is InChI=1S/C14H15ClN2O3/c15-10-3-1-4-11(9-10)17-14(19)16-7-6-12(18)13-5-2-8-20-13/h1-5,8-9,12,18H,6-7H2,(H2,16,17,19). The monoisotopic (exact) mass is 294 g/mol. The number of halogens is 1. The van der Waals surface area contributed by atoms with Crippen LogP contribution < -0.4 is 10.6 Å². The number of nitrogens with one attached hydrogen (secondary N) is 2. The first-order valence-electron chi connectivity index (χ1n) is 6.17. The molecule has 5 nitrogen and oxygen atoms in total. The van der Waals surface area contributed by atoms with Crippen LogP contribution in [0.25, 0.3) is 0 Å². The molecule has 2 aromatic rings. The molecule has 0 aliphatic carbocycles. The summed E-state index contributed by atoms with van der Waals surface area (Å²) in [7, 11) is 0. The van der Waals surface area contributed by atoms with E-state index in [9.17, 15) is 9.90 Å². The first-order valence-corrected chi connectivity index (χ1v) is 6.55. The highest BCUT2D eigenvalue weighted by Gasteiger charge is 2.10. The van der Waals surface area contributed by atoms with Crippen molar-refractivity contribution >= 4 is 23.3 Å². The van der Waals surface area contributed by atoms with Crippen molar-refractivity contribution in [3.63, 3.8) is 0 Å². The fraction of sp³-hybridized carbons (Fsp3) is 0.214. The van der Waals surface area contributed by atoms with Crippen molar-refractivity contribution in [1.82, 2.24) is 5.32 Å². The van der Waals surface area contributed by atoms with E-state index in [2.05, 4.69) is 10.6 Å². The van der Waals surface area contributed by atoms with Crippen molar-refractivity contribution in [2.45, 2.75) is 12.5 Å². The van der Waals surface area contributed by atoms with Gasteiger partial charge in [-0.2, -0.15) is 0 Å². The molecule has 0 aliphatic heterocycles. The molecular formula is C14H15ClN2O3. The summed E-state index contributed by atoms with van der Waals surface area (Å²) in [6.07, 6.45) is 1.14. The minimum Gasteiger partial charge on any atom is -0.467 e. The van der Waals surface area contributed by atoms with Gasteiger partial charge < -0.3 is 20.2 Å². The zero-order valence-corrected chi connectivity index (χ0v) is 11.4. The Morgan fingerprint density at radius 3 is 2.90 bits per heavy atom. The summed E-state index contributed by atoms with van der Waals surface area (Å²) in [6.45, 7) is 0.328. The summed E-state index contributed by atoms with van der Waals surface area (Å²) >= 11 is 5.82. The van der Waals surface area contributed by atoms with E-state index in [1.165, 1.54) is 6.26 Å². The van der Waals surface area contributed by atoms with E-state index >= 15 is 0 Å². The van der Waals surface area contributed by atoms with Gasteiger partial charge in [-0.25, -0.2) is 4.79 Å². The molecular weight excluding hydrogens is 280 g/mol. The number of anilines is 1. The number of hydrogen-bond donors (Lipinski definition) is 3. The molecule has 0 bridgehead atoms. The summed E-state index contributed by atoms with van der Waals surface area (Å²) < 4.78 is 5.07. The second-order valence-electron chi connectivity index (χ2n) is 4.21. The number of carbonyl (C=O) groups is 1. The van der Waals surface area contributed by atoms with Crippen LogP contribution in [0.3, 0.4) is 0 Å². The van der Waals surface area contributed by atoms with Crippen LogP contribution in [0.4, 0.5) is 10.5 Å². The van der Waals surface area contributed by atoms with Crippen LogP contribution >= 0.6 is 11.6 Å². The molecule has 2 amide bonds. The van der Waals surface area contributed by atoms with Gasteiger partial charge in [-0.1, -0.05) is 17.7 Å². The van der Waals surface area contributed by atoms with Crippen molar-refractivity contribution in [2.75, 3.05) is 11.9 Å². The summed E-state index contributed by atoms with van der Waals surface area (Å²) in [4.78, 5) is 11.6. The van der Waals surface area contributed by atoms with Gasteiger partial charge in [-0.3, -0.25) is 0 Å². The van der Waals surface area contributed by atoms with E-state index in [-0.39, 0.29) is 6.03 Å². The van der Waals surface area contributed by atoms with Gasteiger partial charge in [0.25, 0.3) is 0 Å². The molecule has 0 saturated carbocycles. The maximum atomic E-state index is 11.6. The lowest BCUT2D eigenvalue weighted by atomic mass is 10.2. The topological polar surface area (TPSA) is 74.5 Å². The Labute approximate surface area is 121 Å². The van der Waals surface area contributed by atoms with E-state index in [1.54, 1.807) is 36.4 Å². The number of aliphatic hydroxyl groups is 1. The van der Waals surface area contributed by atoms with Crippen LogP contribution in [-0.4, -0.2) is 17.7 Å². The fourth-order valence-corrected chi connectivity index (χ4v) is 1.88. The van der Waals surface area contributed by atoms with Crippen LogP contribution in [0.15, 0.2) is 47.1 Å². The van der Waals surface area contributed by atoms with Crippen molar-refractivity contribution in [3.8, 4) is 0 Å². The Morgan fingerprint density at radius 1 is 1.35 bits per heavy atom. The van der Waals surface area contributed by atoms with Gasteiger partial charge in [-0.15, -0.1) is 0 Å². The largest absolute Gasteiger partial charge is 0.467 e. The fourth-order valence-electron chi connectivity index (χ4n) is 1.69. The van der Waals surface area contributed by atoms with E-state index in [1.807, 2.05) is 0 Å². The van der Waals surface area contributed by atoms with Crippen LogP contribution in [0.1, 0.15) is 18.3 Å². The molecule has 1 aromatic heterocycles. The number of rotatable bonds is 5. The summed E-state index contributed by atoms with van der Waals surface area (Å²) in [5, 5.41) is 15.6. The van der Waals surface area contributed by atoms with Crippen LogP contribution in [0.2, 0.25) is 5.02 Å². The molecule has 0 fully saturated rings. The lowest BCUT2D eigenvalue weighted by Crippen LogP contribution is -2.30. The Morgan fingerprint density at radius 2 is 2.20 bits per heavy atom. The predicted molar refractivity (Wildman–Crippen MR) is 76.8 cm³/mol. The van der Waals surface area contributed by atoms with Crippen LogP contribution in [0, 0.1) is 0 Å². The molecule has 1 unspecified atom stereocenters. The Kier molecular flexibility index (Phi) is 5.03. The van der Waals surface area contributed by atoms with Crippen molar-refractivity contribution < 1.29 is 14.3 Å². The number of aliphatic hydroxyl groups excluding tert-OH is 1. The van der Waals surface area contributed by atoms with Gasteiger partial charge in [0.05, 0.1) is 6.26 Å². The molecule has 1 heterocycles. The van der Waals surface area contributed by atoms with Gasteiger partial charge in [-0.05, 0) is 36.8 Å². The van der Waals surface area contributed by atoms with Crippen LogP contribution in [-0.2, 0) is 0 Å². The Bertz CT molecular complexity index is 557. The SMILES string of the molecule is O=C(NCCC(O)c1ccco1)Nc1cccc(Cl)c1. The van der Waals surface area contributed by atoms with E-state index < -0.39 is 6.10 Å². The first kappa shape index (κ1) is 14.4. The van der Waals surface area contributed by atoms with Gasteiger partial charge >= 0.3 is 6.03 Å².